The van der Waals surface area contributed by atoms with Crippen LogP contribution in [0.1, 0.15) is 0 Å². The number of hydrogen-bond donors (Lipinski definition) is 1. The summed E-state index contributed by atoms with van der Waals surface area (Å²) >= 11 is 0. The molecule has 1 unspecified atom stereocenters. The van der Waals surface area contributed by atoms with Crippen LogP contribution in [-0.2, 0) is 0 Å². The maximum Gasteiger partial charge on any atom is 0.105 e. The topological polar surface area (TPSA) is 12.0 Å². The largest absolute Gasteiger partial charge is 0.342 e. The van der Waals surface area contributed by atoms with Crippen LogP contribution in [0.4, 0.5) is 0 Å². The van der Waals surface area contributed by atoms with Gasteiger partial charge in [0.1, 0.15) is 8.96 Å². The van der Waals surface area contributed by atoms with Gasteiger partial charge in [0.05, 0.1) is 0 Å². The van der Waals surface area contributed by atoms with Gasteiger partial charge in [0.2, 0.25) is 0 Å². The molecule has 0 fully saturated rings. The molecule has 0 aliphatic heterocycles. The zero-order valence-corrected chi connectivity index (χ0v) is 9.38. The molecule has 56 valence electrons. The van der Waals surface area contributed by atoms with E-state index in [0.29, 0.717) is 0 Å². The Balaban J connectivity index is 3.06. The first kappa shape index (κ1) is 9.39. The van der Waals surface area contributed by atoms with Gasteiger partial charge in [-0.05, 0) is 13.1 Å². The first-order valence-corrected chi connectivity index (χ1v) is 9.51. The van der Waals surface area contributed by atoms with Crippen molar-refractivity contribution in [1.82, 2.24) is 4.98 Å². The first-order chi connectivity index (χ1) is 4.16. The summed E-state index contributed by atoms with van der Waals surface area (Å²) in [6.45, 7) is 7.24. The molecule has 9 heavy (non-hydrogen) atoms. The monoisotopic (exact) mass is 161 g/mol. The summed E-state index contributed by atoms with van der Waals surface area (Å²) in [5.74, 6) is 0. The molecule has 1 atom stereocenters. The Hall–Kier alpha value is 0.394. The molecular weight excluding hydrogens is 142 g/mol. The fourth-order valence-electron chi connectivity index (χ4n) is 0.728. The Kier molecular flexibility index (Phi) is 5.43. The van der Waals surface area contributed by atoms with Gasteiger partial charge < -0.3 is 4.98 Å². The molecule has 0 bridgehead atoms. The number of hydrogen-bond acceptors (Lipinski definition) is 1. The predicted molar refractivity (Wildman–Crippen MR) is 50.6 cm³/mol. The normalized spacial score (nSPS) is 14.3. The third-order valence-corrected chi connectivity index (χ3v) is 6.01. The van der Waals surface area contributed by atoms with E-state index in [4.69, 9.17) is 0 Å². The van der Waals surface area contributed by atoms with Crippen LogP contribution in [0.25, 0.3) is 0 Å². The second-order valence-corrected chi connectivity index (χ2v) is 9.48. The van der Waals surface area contributed by atoms with Crippen molar-refractivity contribution in [3.63, 3.8) is 0 Å². The predicted octanol–water partition coefficient (Wildman–Crippen LogP) is 1.05. The SMILES string of the molecule is CN[SiH](C)CC[SiH](C)C. The smallest absolute Gasteiger partial charge is 0.105 e. The van der Waals surface area contributed by atoms with Crippen molar-refractivity contribution in [3.05, 3.63) is 0 Å². The van der Waals surface area contributed by atoms with Gasteiger partial charge in [0.15, 0.2) is 0 Å². The number of rotatable bonds is 4. The summed E-state index contributed by atoms with van der Waals surface area (Å²) in [5, 5.41) is 0. The van der Waals surface area contributed by atoms with E-state index in [2.05, 4.69) is 31.7 Å². The van der Waals surface area contributed by atoms with Crippen molar-refractivity contribution in [2.75, 3.05) is 7.05 Å². The van der Waals surface area contributed by atoms with Gasteiger partial charge in [-0.15, -0.1) is 0 Å². The van der Waals surface area contributed by atoms with E-state index in [1.54, 1.807) is 0 Å². The minimum Gasteiger partial charge on any atom is -0.342 e. The van der Waals surface area contributed by atoms with E-state index in [0.717, 1.165) is 0 Å². The molecule has 0 aromatic rings. The average molecular weight is 161 g/mol. The molecular formula is C6H19NSi2. The van der Waals surface area contributed by atoms with E-state index in [1.807, 2.05) is 0 Å². The molecule has 0 heterocycles. The van der Waals surface area contributed by atoms with Crippen molar-refractivity contribution in [2.24, 2.45) is 0 Å². The van der Waals surface area contributed by atoms with E-state index < -0.39 is 8.96 Å². The van der Waals surface area contributed by atoms with Crippen molar-refractivity contribution in [1.29, 1.82) is 0 Å². The lowest BCUT2D eigenvalue weighted by atomic mass is 10.9. The Morgan fingerprint density at radius 1 is 1.11 bits per heavy atom. The van der Waals surface area contributed by atoms with Crippen LogP contribution in [0.15, 0.2) is 0 Å². The Labute approximate surface area is 62.1 Å². The zero-order chi connectivity index (χ0) is 7.28. The highest BCUT2D eigenvalue weighted by Gasteiger charge is 2.01. The summed E-state index contributed by atoms with van der Waals surface area (Å²) < 4.78 is 0. The molecule has 0 saturated carbocycles. The molecule has 0 saturated heterocycles. The van der Waals surface area contributed by atoms with Gasteiger partial charge in [0.25, 0.3) is 0 Å². The van der Waals surface area contributed by atoms with Gasteiger partial charge in [-0.1, -0.05) is 25.7 Å². The van der Waals surface area contributed by atoms with Crippen LogP contribution in [0.5, 0.6) is 0 Å². The summed E-state index contributed by atoms with van der Waals surface area (Å²) in [7, 11) is 1.40. The third-order valence-electron chi connectivity index (χ3n) is 1.67. The van der Waals surface area contributed by atoms with Crippen LogP contribution < -0.4 is 4.98 Å². The molecule has 1 nitrogen and oxygen atoms in total. The number of nitrogens with one attached hydrogen (secondary N) is 1. The molecule has 3 heteroatoms. The van der Waals surface area contributed by atoms with Crippen LogP contribution in [0.3, 0.4) is 0 Å². The summed E-state index contributed by atoms with van der Waals surface area (Å²) in [4.78, 5) is 3.38. The fraction of sp³-hybridized carbons (Fsp3) is 1.00. The van der Waals surface area contributed by atoms with E-state index in [1.165, 1.54) is 12.1 Å². The van der Waals surface area contributed by atoms with Gasteiger partial charge in [-0.3, -0.25) is 0 Å². The standard InChI is InChI=1S/C6H19NSi2/c1-7-9(4)6-5-8(2)3/h7-9H,5-6H2,1-4H3. The van der Waals surface area contributed by atoms with Gasteiger partial charge >= 0.3 is 0 Å². The average Bonchev–Trinajstić information content (AvgIpc) is 1.83. The van der Waals surface area contributed by atoms with Crippen molar-refractivity contribution < 1.29 is 0 Å². The molecule has 0 radical (unpaired) electrons. The van der Waals surface area contributed by atoms with E-state index in [-0.39, 0.29) is 8.80 Å². The maximum atomic E-state index is 3.38. The third kappa shape index (κ3) is 6.28. The van der Waals surface area contributed by atoms with Crippen LogP contribution >= 0.6 is 0 Å². The molecule has 0 rings (SSSR count). The van der Waals surface area contributed by atoms with E-state index >= 15 is 0 Å². The second kappa shape index (κ2) is 5.20. The molecule has 0 amide bonds. The molecule has 0 aliphatic rings. The van der Waals surface area contributed by atoms with Crippen molar-refractivity contribution >= 4 is 17.8 Å². The van der Waals surface area contributed by atoms with Gasteiger partial charge in [0, 0.05) is 8.80 Å². The Bertz CT molecular complexity index is 66.1. The highest BCUT2D eigenvalue weighted by Crippen LogP contribution is 1.99. The summed E-state index contributed by atoms with van der Waals surface area (Å²) in [5.41, 5.74) is 0. The quantitative estimate of drug-likeness (QED) is 0.608. The molecule has 0 spiro atoms. The minimum absolute atomic E-state index is 0.246. The lowest BCUT2D eigenvalue weighted by Gasteiger charge is -2.08. The van der Waals surface area contributed by atoms with Crippen LogP contribution in [-0.4, -0.2) is 24.8 Å². The maximum absolute atomic E-state index is 3.38. The lowest BCUT2D eigenvalue weighted by molar-refractivity contribution is 1.16. The fourth-order valence-corrected chi connectivity index (χ4v) is 5.68. The highest BCUT2D eigenvalue weighted by molar-refractivity contribution is 6.61. The first-order valence-electron chi connectivity index (χ1n) is 3.84. The lowest BCUT2D eigenvalue weighted by Crippen LogP contribution is -2.26. The zero-order valence-electron chi connectivity index (χ0n) is 7.07. The minimum atomic E-state index is -0.453. The van der Waals surface area contributed by atoms with Crippen LogP contribution in [0, 0.1) is 0 Å². The van der Waals surface area contributed by atoms with E-state index in [9.17, 15) is 0 Å². The Morgan fingerprint density at radius 3 is 2.00 bits per heavy atom. The molecule has 0 aromatic heterocycles. The van der Waals surface area contributed by atoms with Crippen LogP contribution in [0.2, 0.25) is 31.7 Å². The van der Waals surface area contributed by atoms with Gasteiger partial charge in [-0.2, -0.15) is 0 Å². The summed E-state index contributed by atoms with van der Waals surface area (Å²) in [6, 6.07) is 3.04. The van der Waals surface area contributed by atoms with Gasteiger partial charge in [-0.25, -0.2) is 0 Å². The molecule has 0 aliphatic carbocycles. The highest BCUT2D eigenvalue weighted by atomic mass is 28.3. The summed E-state index contributed by atoms with van der Waals surface area (Å²) in [6.07, 6.45) is 0. The molecule has 0 aromatic carbocycles. The van der Waals surface area contributed by atoms with Crippen molar-refractivity contribution in [2.45, 2.75) is 31.7 Å². The van der Waals surface area contributed by atoms with Crippen molar-refractivity contribution in [3.8, 4) is 0 Å². The molecule has 1 N–H and O–H groups in total. The Morgan fingerprint density at radius 2 is 1.67 bits per heavy atom. The second-order valence-electron chi connectivity index (χ2n) is 3.16.